The van der Waals surface area contributed by atoms with E-state index in [1.54, 1.807) is 26.2 Å². The number of nitrogens with one attached hydrogen (secondary N) is 1. The summed E-state index contributed by atoms with van der Waals surface area (Å²) < 4.78 is 4.83. The van der Waals surface area contributed by atoms with E-state index in [9.17, 15) is 0 Å². The minimum Gasteiger partial charge on any atom is -0.497 e. The molecule has 0 fully saturated rings. The third-order valence-electron chi connectivity index (χ3n) is 1.14. The number of methoxy groups -OCH3 is 1. The van der Waals surface area contributed by atoms with E-state index in [4.69, 9.17) is 10.1 Å². The minimum atomic E-state index is 0.482. The Kier molecular flexibility index (Phi) is 3.96. The van der Waals surface area contributed by atoms with Crippen LogP contribution in [-0.4, -0.2) is 12.8 Å². The van der Waals surface area contributed by atoms with E-state index >= 15 is 0 Å². The number of allylic oxidation sites excluding steroid dienone is 2. The summed E-state index contributed by atoms with van der Waals surface area (Å²) in [6, 6.07) is 0. The first-order valence-electron chi connectivity index (χ1n) is 3.23. The summed E-state index contributed by atoms with van der Waals surface area (Å²) in [5, 5.41) is 7.09. The molecular weight excluding hydrogens is 138 g/mol. The highest BCUT2D eigenvalue weighted by Crippen LogP contribution is 2.06. The van der Waals surface area contributed by atoms with Gasteiger partial charge in [0.2, 0.25) is 0 Å². The van der Waals surface area contributed by atoms with E-state index < -0.39 is 0 Å². The van der Waals surface area contributed by atoms with Gasteiger partial charge in [0.15, 0.2) is 0 Å². The van der Waals surface area contributed by atoms with Gasteiger partial charge in [0.1, 0.15) is 5.76 Å². The highest BCUT2D eigenvalue weighted by Gasteiger charge is 1.92. The zero-order valence-corrected chi connectivity index (χ0v) is 6.98. The highest BCUT2D eigenvalue weighted by molar-refractivity contribution is 5.90. The lowest BCUT2D eigenvalue weighted by molar-refractivity contribution is 0.305. The fourth-order valence-electron chi connectivity index (χ4n) is 0.450. The van der Waals surface area contributed by atoms with E-state index in [-0.39, 0.29) is 0 Å². The van der Waals surface area contributed by atoms with Crippen molar-refractivity contribution in [3.63, 3.8) is 0 Å². The van der Waals surface area contributed by atoms with Crippen LogP contribution in [0.4, 0.5) is 0 Å². The van der Waals surface area contributed by atoms with Gasteiger partial charge < -0.3 is 10.1 Å². The van der Waals surface area contributed by atoms with Crippen LogP contribution < -0.4 is 0 Å². The molecule has 11 heavy (non-hydrogen) atoms. The lowest BCUT2D eigenvalue weighted by Crippen LogP contribution is -1.87. The maximum Gasteiger partial charge on any atom is 0.118 e. The van der Waals surface area contributed by atoms with Gasteiger partial charge in [0.05, 0.1) is 7.11 Å². The Morgan fingerprint density at radius 1 is 1.36 bits per heavy atom. The Labute approximate surface area is 67.4 Å². The molecule has 0 unspecified atom stereocenters. The summed E-state index contributed by atoms with van der Waals surface area (Å²) in [6.07, 6.45) is 3.35. The number of hydrogen-bond acceptors (Lipinski definition) is 2. The van der Waals surface area contributed by atoms with Gasteiger partial charge in [-0.1, -0.05) is 19.2 Å². The van der Waals surface area contributed by atoms with Gasteiger partial charge in [0.25, 0.3) is 0 Å². The van der Waals surface area contributed by atoms with Crippen molar-refractivity contribution < 1.29 is 4.74 Å². The van der Waals surface area contributed by atoms with Gasteiger partial charge in [-0.2, -0.15) is 0 Å². The Morgan fingerprint density at radius 3 is 2.27 bits per heavy atom. The van der Waals surface area contributed by atoms with Crippen molar-refractivity contribution in [3.05, 3.63) is 36.6 Å². The van der Waals surface area contributed by atoms with E-state index in [2.05, 4.69) is 13.2 Å². The third kappa shape index (κ3) is 4.14. The van der Waals surface area contributed by atoms with Gasteiger partial charge >= 0.3 is 0 Å². The van der Waals surface area contributed by atoms with Crippen molar-refractivity contribution in [2.24, 2.45) is 0 Å². The zero-order valence-electron chi connectivity index (χ0n) is 6.98. The van der Waals surface area contributed by atoms with Crippen molar-refractivity contribution in [3.8, 4) is 0 Å². The molecule has 0 saturated carbocycles. The number of ether oxygens (including phenoxy) is 1. The summed E-state index contributed by atoms with van der Waals surface area (Å²) in [5.41, 5.74) is 1.18. The lowest BCUT2D eigenvalue weighted by Gasteiger charge is -2.01. The quantitative estimate of drug-likeness (QED) is 0.373. The van der Waals surface area contributed by atoms with Crippen molar-refractivity contribution >= 4 is 5.71 Å². The van der Waals surface area contributed by atoms with Crippen LogP contribution in [0.5, 0.6) is 0 Å². The molecule has 0 saturated heterocycles. The fraction of sp³-hybridized carbons (Fsp3) is 0.222. The summed E-state index contributed by atoms with van der Waals surface area (Å²) in [4.78, 5) is 0. The predicted octanol–water partition coefficient (Wildman–Crippen LogP) is 2.30. The van der Waals surface area contributed by atoms with Crippen LogP contribution in [0.2, 0.25) is 0 Å². The predicted molar refractivity (Wildman–Crippen MR) is 47.8 cm³/mol. The molecule has 0 aliphatic rings. The molecule has 0 aromatic heterocycles. The molecule has 0 spiro atoms. The van der Waals surface area contributed by atoms with E-state index in [0.717, 1.165) is 0 Å². The molecule has 0 radical (unpaired) electrons. The Bertz CT molecular complexity index is 214. The molecule has 0 bridgehead atoms. The fourth-order valence-corrected chi connectivity index (χ4v) is 0.450. The molecule has 0 atom stereocenters. The Balaban J connectivity index is 4.08. The summed E-state index contributed by atoms with van der Waals surface area (Å²) in [6.45, 7) is 8.99. The first-order valence-corrected chi connectivity index (χ1v) is 3.23. The SMILES string of the molecule is C=C(/C=C\C(C)=N)C(=C)OC. The van der Waals surface area contributed by atoms with Gasteiger partial charge in [-0.3, -0.25) is 0 Å². The summed E-state index contributed by atoms with van der Waals surface area (Å²) in [5.74, 6) is 0.530. The largest absolute Gasteiger partial charge is 0.497 e. The molecular formula is C9H13NO. The van der Waals surface area contributed by atoms with Crippen molar-refractivity contribution in [2.45, 2.75) is 6.92 Å². The summed E-state index contributed by atoms with van der Waals surface area (Å²) >= 11 is 0. The maximum atomic E-state index is 7.09. The first kappa shape index (κ1) is 9.69. The van der Waals surface area contributed by atoms with Gasteiger partial charge in [-0.25, -0.2) is 0 Å². The van der Waals surface area contributed by atoms with Crippen LogP contribution in [0.25, 0.3) is 0 Å². The van der Waals surface area contributed by atoms with Gasteiger partial charge in [-0.15, -0.1) is 0 Å². The molecule has 0 aromatic carbocycles. The Morgan fingerprint density at radius 2 is 1.91 bits per heavy atom. The van der Waals surface area contributed by atoms with E-state index in [1.807, 2.05) is 0 Å². The molecule has 0 aliphatic heterocycles. The average molecular weight is 151 g/mol. The first-order chi connectivity index (χ1) is 5.07. The van der Waals surface area contributed by atoms with Crippen LogP contribution in [0.15, 0.2) is 36.6 Å². The number of rotatable bonds is 4. The minimum absolute atomic E-state index is 0.482. The standard InChI is InChI=1S/C9H13NO/c1-7(9(3)11-4)5-6-8(2)10/h5-6,10H,1,3H2,2,4H3/b6-5-,10-8?. The summed E-state index contributed by atoms with van der Waals surface area (Å²) in [7, 11) is 1.54. The molecule has 0 heterocycles. The average Bonchev–Trinajstić information content (AvgIpc) is 1.98. The van der Waals surface area contributed by atoms with Crippen LogP contribution in [0.1, 0.15) is 6.92 Å². The zero-order chi connectivity index (χ0) is 8.85. The lowest BCUT2D eigenvalue weighted by atomic mass is 10.2. The smallest absolute Gasteiger partial charge is 0.118 e. The second-order valence-corrected chi connectivity index (χ2v) is 2.17. The van der Waals surface area contributed by atoms with Crippen LogP contribution >= 0.6 is 0 Å². The van der Waals surface area contributed by atoms with Gasteiger partial charge in [0, 0.05) is 11.3 Å². The van der Waals surface area contributed by atoms with Crippen molar-refractivity contribution in [2.75, 3.05) is 7.11 Å². The second-order valence-electron chi connectivity index (χ2n) is 2.17. The monoisotopic (exact) mass is 151 g/mol. The maximum absolute atomic E-state index is 7.09. The molecule has 2 nitrogen and oxygen atoms in total. The van der Waals surface area contributed by atoms with Crippen molar-refractivity contribution in [1.29, 1.82) is 5.41 Å². The van der Waals surface area contributed by atoms with Crippen LogP contribution in [0.3, 0.4) is 0 Å². The topological polar surface area (TPSA) is 33.1 Å². The molecule has 0 aliphatic carbocycles. The molecule has 0 rings (SSSR count). The third-order valence-corrected chi connectivity index (χ3v) is 1.14. The molecule has 0 amide bonds. The van der Waals surface area contributed by atoms with Crippen LogP contribution in [0, 0.1) is 5.41 Å². The van der Waals surface area contributed by atoms with Crippen LogP contribution in [-0.2, 0) is 4.74 Å². The van der Waals surface area contributed by atoms with E-state index in [1.165, 1.54) is 0 Å². The van der Waals surface area contributed by atoms with Crippen molar-refractivity contribution in [1.82, 2.24) is 0 Å². The number of hydrogen-bond donors (Lipinski definition) is 1. The molecule has 1 N–H and O–H groups in total. The normalized spacial score (nSPS) is 9.64. The van der Waals surface area contributed by atoms with E-state index in [0.29, 0.717) is 17.0 Å². The van der Waals surface area contributed by atoms with Gasteiger partial charge in [-0.05, 0) is 13.0 Å². The second kappa shape index (κ2) is 4.50. The Hall–Kier alpha value is -1.31. The molecule has 2 heteroatoms. The molecule has 0 aromatic rings. The molecule has 60 valence electrons. The highest BCUT2D eigenvalue weighted by atomic mass is 16.5.